The Morgan fingerprint density at radius 2 is 2.10 bits per heavy atom. The highest BCUT2D eigenvalue weighted by Gasteiger charge is 2.08. The molecule has 1 aromatic rings. The molecule has 0 aliphatic carbocycles. The van der Waals surface area contributed by atoms with Crippen LogP contribution in [0.2, 0.25) is 0 Å². The van der Waals surface area contributed by atoms with Crippen LogP contribution in [0.25, 0.3) is 0 Å². The minimum absolute atomic E-state index is 0.142. The monoisotopic (exact) mass is 281 g/mol. The van der Waals surface area contributed by atoms with Crippen LogP contribution < -0.4 is 11.1 Å². The van der Waals surface area contributed by atoms with E-state index in [0.29, 0.717) is 18.7 Å². The lowest BCUT2D eigenvalue weighted by Gasteiger charge is -2.16. The fourth-order valence-electron chi connectivity index (χ4n) is 1.89. The second-order valence-electron chi connectivity index (χ2n) is 5.05. The van der Waals surface area contributed by atoms with Crippen molar-refractivity contribution in [3.8, 4) is 0 Å². The van der Waals surface area contributed by atoms with Crippen molar-refractivity contribution in [3.05, 3.63) is 24.0 Å². The van der Waals surface area contributed by atoms with E-state index in [4.69, 9.17) is 5.73 Å². The molecule has 112 valence electrons. The van der Waals surface area contributed by atoms with Gasteiger partial charge >= 0.3 is 0 Å². The summed E-state index contributed by atoms with van der Waals surface area (Å²) >= 11 is 0. The number of rotatable bonds is 8. The summed E-state index contributed by atoms with van der Waals surface area (Å²) < 4.78 is 13.5. The van der Waals surface area contributed by atoms with Gasteiger partial charge in [-0.1, -0.05) is 19.8 Å². The molecule has 1 rings (SSSR count). The van der Waals surface area contributed by atoms with Gasteiger partial charge < -0.3 is 16.0 Å². The summed E-state index contributed by atoms with van der Waals surface area (Å²) in [6.45, 7) is 3.81. The van der Waals surface area contributed by atoms with Crippen LogP contribution in [0.4, 0.5) is 15.8 Å². The Labute approximate surface area is 120 Å². The van der Waals surface area contributed by atoms with Gasteiger partial charge in [-0.05, 0) is 38.2 Å². The molecule has 3 N–H and O–H groups in total. The molecular weight excluding hydrogens is 257 g/mol. The molecule has 0 atom stereocenters. The van der Waals surface area contributed by atoms with E-state index in [9.17, 15) is 9.18 Å². The smallest absolute Gasteiger partial charge is 0.225 e. The molecule has 1 amide bonds. The highest BCUT2D eigenvalue weighted by Crippen LogP contribution is 2.17. The van der Waals surface area contributed by atoms with E-state index in [1.807, 2.05) is 7.05 Å². The summed E-state index contributed by atoms with van der Waals surface area (Å²) in [5.74, 6) is -0.666. The Bertz CT molecular complexity index is 437. The zero-order chi connectivity index (χ0) is 15.0. The number of nitrogens with zero attached hydrogens (tertiary/aromatic N) is 1. The number of amides is 1. The van der Waals surface area contributed by atoms with E-state index in [1.165, 1.54) is 31.0 Å². The molecule has 0 saturated heterocycles. The third kappa shape index (κ3) is 6.02. The second-order valence-corrected chi connectivity index (χ2v) is 5.05. The van der Waals surface area contributed by atoms with E-state index in [2.05, 4.69) is 17.1 Å². The van der Waals surface area contributed by atoms with Crippen LogP contribution in [0.1, 0.15) is 32.6 Å². The SMILES string of the molecule is CCCCCN(C)CCC(=O)Nc1cc(N)ccc1F. The molecule has 5 heteroatoms. The molecule has 0 aliphatic rings. The highest BCUT2D eigenvalue weighted by molar-refractivity contribution is 5.91. The van der Waals surface area contributed by atoms with Crippen LogP contribution in [-0.2, 0) is 4.79 Å². The lowest BCUT2D eigenvalue weighted by Crippen LogP contribution is -2.25. The van der Waals surface area contributed by atoms with Crippen molar-refractivity contribution >= 4 is 17.3 Å². The first kappa shape index (κ1) is 16.4. The molecule has 0 aromatic heterocycles. The number of anilines is 2. The number of unbranched alkanes of at least 4 members (excludes halogenated alkanes) is 2. The van der Waals surface area contributed by atoms with Crippen molar-refractivity contribution in [1.82, 2.24) is 4.90 Å². The Morgan fingerprint density at radius 3 is 2.80 bits per heavy atom. The molecule has 0 radical (unpaired) electrons. The summed E-state index contributed by atoms with van der Waals surface area (Å²) in [7, 11) is 1.99. The maximum atomic E-state index is 13.5. The summed E-state index contributed by atoms with van der Waals surface area (Å²) in [6, 6.07) is 4.15. The van der Waals surface area contributed by atoms with Crippen molar-refractivity contribution in [2.75, 3.05) is 31.2 Å². The van der Waals surface area contributed by atoms with Gasteiger partial charge in [0.25, 0.3) is 0 Å². The number of hydrogen-bond donors (Lipinski definition) is 2. The van der Waals surface area contributed by atoms with Crippen LogP contribution in [0.15, 0.2) is 18.2 Å². The van der Waals surface area contributed by atoms with E-state index in [0.717, 1.165) is 13.0 Å². The summed E-state index contributed by atoms with van der Waals surface area (Å²) in [4.78, 5) is 13.9. The minimum Gasteiger partial charge on any atom is -0.399 e. The van der Waals surface area contributed by atoms with Gasteiger partial charge in [0.15, 0.2) is 0 Å². The van der Waals surface area contributed by atoms with Gasteiger partial charge in [0.05, 0.1) is 5.69 Å². The summed E-state index contributed by atoms with van der Waals surface area (Å²) in [5, 5.41) is 2.55. The topological polar surface area (TPSA) is 58.4 Å². The molecule has 1 aromatic carbocycles. The number of nitrogens with two attached hydrogens (primary N) is 1. The Balaban J connectivity index is 2.34. The van der Waals surface area contributed by atoms with E-state index in [-0.39, 0.29) is 11.6 Å². The number of nitrogen functional groups attached to an aromatic ring is 1. The second kappa shape index (κ2) is 8.53. The molecule has 0 aliphatic heterocycles. The minimum atomic E-state index is -0.469. The summed E-state index contributed by atoms with van der Waals surface area (Å²) in [5.41, 5.74) is 6.14. The predicted molar refractivity (Wildman–Crippen MR) is 81.1 cm³/mol. The van der Waals surface area contributed by atoms with E-state index >= 15 is 0 Å². The highest BCUT2D eigenvalue weighted by atomic mass is 19.1. The standard InChI is InChI=1S/C15H24FN3O/c1-3-4-5-9-19(2)10-8-15(20)18-14-11-12(17)6-7-13(14)16/h6-7,11H,3-5,8-10,17H2,1-2H3,(H,18,20). The first-order valence-corrected chi connectivity index (χ1v) is 7.06. The normalized spacial score (nSPS) is 10.8. The van der Waals surface area contributed by atoms with Crippen molar-refractivity contribution < 1.29 is 9.18 Å². The fourth-order valence-corrected chi connectivity index (χ4v) is 1.89. The molecule has 0 spiro atoms. The number of hydrogen-bond acceptors (Lipinski definition) is 3. The van der Waals surface area contributed by atoms with Gasteiger partial charge in [0.2, 0.25) is 5.91 Å². The van der Waals surface area contributed by atoms with Crippen molar-refractivity contribution in [2.45, 2.75) is 32.6 Å². The molecule has 0 heterocycles. The number of benzene rings is 1. The molecule has 0 fully saturated rings. The van der Waals surface area contributed by atoms with Crippen molar-refractivity contribution in [2.24, 2.45) is 0 Å². The van der Waals surface area contributed by atoms with Crippen LogP contribution in [0, 0.1) is 5.82 Å². The Hall–Kier alpha value is -1.62. The molecule has 4 nitrogen and oxygen atoms in total. The number of halogens is 1. The number of carbonyl (C=O) groups is 1. The first-order valence-electron chi connectivity index (χ1n) is 7.06. The van der Waals surface area contributed by atoms with Crippen LogP contribution >= 0.6 is 0 Å². The Morgan fingerprint density at radius 1 is 1.35 bits per heavy atom. The van der Waals surface area contributed by atoms with E-state index in [1.54, 1.807) is 0 Å². The first-order chi connectivity index (χ1) is 9.52. The third-order valence-corrected chi connectivity index (χ3v) is 3.13. The van der Waals surface area contributed by atoms with Gasteiger partial charge in [-0.2, -0.15) is 0 Å². The van der Waals surface area contributed by atoms with Gasteiger partial charge in [-0.3, -0.25) is 4.79 Å². The number of carbonyl (C=O) groups excluding carboxylic acids is 1. The zero-order valence-electron chi connectivity index (χ0n) is 12.3. The van der Waals surface area contributed by atoms with Crippen molar-refractivity contribution in [1.29, 1.82) is 0 Å². The molecule has 0 bridgehead atoms. The largest absolute Gasteiger partial charge is 0.399 e. The summed E-state index contributed by atoms with van der Waals surface area (Å²) in [6.07, 6.45) is 3.86. The fraction of sp³-hybridized carbons (Fsp3) is 0.533. The lowest BCUT2D eigenvalue weighted by atomic mass is 10.2. The quantitative estimate of drug-likeness (QED) is 0.569. The van der Waals surface area contributed by atoms with Gasteiger partial charge in [0, 0.05) is 18.7 Å². The van der Waals surface area contributed by atoms with Gasteiger partial charge in [-0.15, -0.1) is 0 Å². The Kier molecular flexibility index (Phi) is 7.01. The van der Waals surface area contributed by atoms with Crippen LogP contribution in [0.5, 0.6) is 0 Å². The zero-order valence-corrected chi connectivity index (χ0v) is 12.3. The van der Waals surface area contributed by atoms with E-state index < -0.39 is 5.82 Å². The van der Waals surface area contributed by atoms with Crippen molar-refractivity contribution in [3.63, 3.8) is 0 Å². The van der Waals surface area contributed by atoms with Crippen LogP contribution in [-0.4, -0.2) is 30.9 Å². The van der Waals surface area contributed by atoms with Crippen LogP contribution in [0.3, 0.4) is 0 Å². The third-order valence-electron chi connectivity index (χ3n) is 3.13. The lowest BCUT2D eigenvalue weighted by molar-refractivity contribution is -0.116. The molecule has 0 unspecified atom stereocenters. The van der Waals surface area contributed by atoms with Gasteiger partial charge in [-0.25, -0.2) is 4.39 Å². The maximum absolute atomic E-state index is 13.5. The molecule has 0 saturated carbocycles. The average Bonchev–Trinajstić information content (AvgIpc) is 2.41. The molecule has 20 heavy (non-hydrogen) atoms. The maximum Gasteiger partial charge on any atom is 0.225 e. The average molecular weight is 281 g/mol. The number of nitrogens with one attached hydrogen (secondary N) is 1. The molecular formula is C15H24FN3O. The predicted octanol–water partition coefficient (Wildman–Crippen LogP) is 2.86. The van der Waals surface area contributed by atoms with Gasteiger partial charge in [0.1, 0.15) is 5.82 Å².